The molecule has 11 atom stereocenters. The van der Waals surface area contributed by atoms with E-state index in [1.165, 1.54) is 51.9 Å². The molecular formula is C28H44O4. The molecule has 0 heterocycles. The molecule has 4 bridgehead atoms. The van der Waals surface area contributed by atoms with Gasteiger partial charge in [0.1, 0.15) is 11.7 Å². The molecule has 5 saturated carbocycles. The summed E-state index contributed by atoms with van der Waals surface area (Å²) in [4.78, 5) is 25.3. The van der Waals surface area contributed by atoms with Gasteiger partial charge in [-0.25, -0.2) is 0 Å². The lowest BCUT2D eigenvalue weighted by atomic mass is 9.69. The van der Waals surface area contributed by atoms with Crippen molar-refractivity contribution in [1.29, 1.82) is 0 Å². The molecule has 0 N–H and O–H groups in total. The molecule has 180 valence electrons. The van der Waals surface area contributed by atoms with Crippen molar-refractivity contribution in [2.24, 2.45) is 53.3 Å². The van der Waals surface area contributed by atoms with Crippen molar-refractivity contribution in [2.45, 2.75) is 110 Å². The largest absolute Gasteiger partial charge is 0.462 e. The average Bonchev–Trinajstić information content (AvgIpc) is 3.56. The maximum atomic E-state index is 13.2. The number of hydrogen-bond acceptors (Lipinski definition) is 4. The standard InChI is InChI=1S/C28H44O4/c1-5-18-11-19(6-2)27-23-13-20(26(18)27)12-22(23)24(31-16(4)29)14-25(30)32-28(7-3)15-17-8-9-21(28)10-17/h17-24,26-27H,5-15H2,1-4H3. The van der Waals surface area contributed by atoms with E-state index >= 15 is 0 Å². The number of hydrogen-bond donors (Lipinski definition) is 0. The van der Waals surface area contributed by atoms with Crippen LogP contribution in [0, 0.1) is 53.3 Å². The van der Waals surface area contributed by atoms with Crippen LogP contribution >= 0.6 is 0 Å². The van der Waals surface area contributed by atoms with Crippen molar-refractivity contribution >= 4 is 11.9 Å². The summed E-state index contributed by atoms with van der Waals surface area (Å²) < 4.78 is 12.1. The highest BCUT2D eigenvalue weighted by Crippen LogP contribution is 2.66. The quantitative estimate of drug-likeness (QED) is 0.420. The lowest BCUT2D eigenvalue weighted by Gasteiger charge is -2.40. The lowest BCUT2D eigenvalue weighted by Crippen LogP contribution is -2.42. The highest BCUT2D eigenvalue weighted by Gasteiger charge is 2.61. The first-order valence-electron chi connectivity index (χ1n) is 13.8. The third-order valence-corrected chi connectivity index (χ3v) is 10.9. The molecular weight excluding hydrogens is 400 g/mol. The molecule has 0 amide bonds. The zero-order valence-corrected chi connectivity index (χ0v) is 20.7. The second-order valence-corrected chi connectivity index (χ2v) is 12.1. The zero-order chi connectivity index (χ0) is 22.6. The summed E-state index contributed by atoms with van der Waals surface area (Å²) in [6, 6.07) is 0. The number of carbonyl (C=O) groups is 2. The first-order chi connectivity index (χ1) is 15.4. The Bertz CT molecular complexity index is 733. The summed E-state index contributed by atoms with van der Waals surface area (Å²) in [5, 5.41) is 0. The van der Waals surface area contributed by atoms with E-state index in [2.05, 4.69) is 20.8 Å². The van der Waals surface area contributed by atoms with Gasteiger partial charge in [-0.3, -0.25) is 9.59 Å². The molecule has 32 heavy (non-hydrogen) atoms. The van der Waals surface area contributed by atoms with Gasteiger partial charge in [-0.2, -0.15) is 0 Å². The average molecular weight is 445 g/mol. The fourth-order valence-electron chi connectivity index (χ4n) is 9.82. The van der Waals surface area contributed by atoms with Gasteiger partial charge < -0.3 is 9.47 Å². The van der Waals surface area contributed by atoms with E-state index in [4.69, 9.17) is 9.47 Å². The topological polar surface area (TPSA) is 52.6 Å². The predicted octanol–water partition coefficient (Wildman–Crippen LogP) is 6.16. The molecule has 11 unspecified atom stereocenters. The van der Waals surface area contributed by atoms with E-state index in [0.717, 1.165) is 54.8 Å². The SMILES string of the molecule is CCC1CC(CC)C2C3CC(CC3C(CC(=O)OC3(CC)CC4CCC3C4)OC(C)=O)C12. The second kappa shape index (κ2) is 8.62. The van der Waals surface area contributed by atoms with Gasteiger partial charge in [0.2, 0.25) is 0 Å². The van der Waals surface area contributed by atoms with Crippen molar-refractivity contribution in [3.8, 4) is 0 Å². The molecule has 5 fully saturated rings. The Kier molecular flexibility index (Phi) is 6.12. The molecule has 0 saturated heterocycles. The van der Waals surface area contributed by atoms with E-state index in [0.29, 0.717) is 17.8 Å². The first kappa shape index (κ1) is 22.7. The Balaban J connectivity index is 1.29. The van der Waals surface area contributed by atoms with Gasteiger partial charge in [-0.05, 0) is 105 Å². The third-order valence-electron chi connectivity index (χ3n) is 10.9. The number of rotatable bonds is 8. The van der Waals surface area contributed by atoms with Crippen molar-refractivity contribution in [3.05, 3.63) is 0 Å². The maximum Gasteiger partial charge on any atom is 0.310 e. The zero-order valence-electron chi connectivity index (χ0n) is 20.7. The van der Waals surface area contributed by atoms with Crippen LogP contribution in [0.4, 0.5) is 0 Å². The molecule has 0 aromatic heterocycles. The van der Waals surface area contributed by atoms with Crippen LogP contribution in [-0.2, 0) is 19.1 Å². The molecule has 0 spiro atoms. The van der Waals surface area contributed by atoms with Gasteiger partial charge in [0.05, 0.1) is 6.42 Å². The van der Waals surface area contributed by atoms with Crippen LogP contribution in [0.25, 0.3) is 0 Å². The van der Waals surface area contributed by atoms with Crippen LogP contribution in [0.15, 0.2) is 0 Å². The monoisotopic (exact) mass is 444 g/mol. The van der Waals surface area contributed by atoms with E-state index in [1.807, 2.05) is 0 Å². The van der Waals surface area contributed by atoms with Gasteiger partial charge in [0.15, 0.2) is 0 Å². The summed E-state index contributed by atoms with van der Waals surface area (Å²) in [7, 11) is 0. The summed E-state index contributed by atoms with van der Waals surface area (Å²) in [6.07, 6.45) is 12.0. The lowest BCUT2D eigenvalue weighted by molar-refractivity contribution is -0.173. The Morgan fingerprint density at radius 3 is 2.31 bits per heavy atom. The highest BCUT2D eigenvalue weighted by atomic mass is 16.6. The fraction of sp³-hybridized carbons (Fsp3) is 0.929. The maximum absolute atomic E-state index is 13.2. The molecule has 5 rings (SSSR count). The van der Waals surface area contributed by atoms with Crippen molar-refractivity contribution in [2.75, 3.05) is 0 Å². The molecule has 5 aliphatic rings. The molecule has 4 heteroatoms. The van der Waals surface area contributed by atoms with Crippen LogP contribution in [0.5, 0.6) is 0 Å². The van der Waals surface area contributed by atoms with E-state index in [1.54, 1.807) is 0 Å². The van der Waals surface area contributed by atoms with E-state index < -0.39 is 0 Å². The van der Waals surface area contributed by atoms with E-state index in [9.17, 15) is 9.59 Å². The Labute approximate surface area is 194 Å². The predicted molar refractivity (Wildman–Crippen MR) is 124 cm³/mol. The Hall–Kier alpha value is -1.06. The summed E-state index contributed by atoms with van der Waals surface area (Å²) in [5.74, 6) is 5.93. The Morgan fingerprint density at radius 2 is 1.72 bits per heavy atom. The van der Waals surface area contributed by atoms with Crippen LogP contribution in [0.1, 0.15) is 98.3 Å². The summed E-state index contributed by atoms with van der Waals surface area (Å²) >= 11 is 0. The van der Waals surface area contributed by atoms with Crippen LogP contribution in [-0.4, -0.2) is 23.6 Å². The molecule has 0 aliphatic heterocycles. The van der Waals surface area contributed by atoms with Crippen LogP contribution < -0.4 is 0 Å². The first-order valence-corrected chi connectivity index (χ1v) is 13.8. The normalized spacial score (nSPS) is 46.9. The second-order valence-electron chi connectivity index (χ2n) is 12.1. The molecule has 0 aromatic rings. The van der Waals surface area contributed by atoms with Gasteiger partial charge in [0.25, 0.3) is 0 Å². The summed E-state index contributed by atoms with van der Waals surface area (Å²) in [6.45, 7) is 8.37. The van der Waals surface area contributed by atoms with Crippen molar-refractivity contribution < 1.29 is 19.1 Å². The number of fused-ring (bicyclic) bond motifs is 7. The number of carbonyl (C=O) groups excluding carboxylic acids is 2. The molecule has 0 radical (unpaired) electrons. The minimum absolute atomic E-state index is 0.130. The third kappa shape index (κ3) is 3.63. The number of ether oxygens (including phenoxy) is 2. The molecule has 4 nitrogen and oxygen atoms in total. The van der Waals surface area contributed by atoms with Gasteiger partial charge >= 0.3 is 11.9 Å². The number of esters is 2. The smallest absolute Gasteiger partial charge is 0.310 e. The van der Waals surface area contributed by atoms with Crippen molar-refractivity contribution in [1.82, 2.24) is 0 Å². The van der Waals surface area contributed by atoms with Crippen LogP contribution in [0.2, 0.25) is 0 Å². The van der Waals surface area contributed by atoms with Crippen LogP contribution in [0.3, 0.4) is 0 Å². The van der Waals surface area contributed by atoms with Gasteiger partial charge in [-0.1, -0.05) is 33.6 Å². The highest BCUT2D eigenvalue weighted by molar-refractivity contribution is 5.72. The van der Waals surface area contributed by atoms with Gasteiger partial charge in [-0.15, -0.1) is 0 Å². The fourth-order valence-corrected chi connectivity index (χ4v) is 9.82. The van der Waals surface area contributed by atoms with E-state index in [-0.39, 0.29) is 30.1 Å². The molecule has 0 aromatic carbocycles. The minimum Gasteiger partial charge on any atom is -0.462 e. The Morgan fingerprint density at radius 1 is 0.969 bits per heavy atom. The molecule has 5 aliphatic carbocycles. The van der Waals surface area contributed by atoms with Gasteiger partial charge in [0, 0.05) is 6.92 Å². The summed E-state index contributed by atoms with van der Waals surface area (Å²) in [5.41, 5.74) is -0.256. The minimum atomic E-state index is -0.304. The van der Waals surface area contributed by atoms with Crippen molar-refractivity contribution in [3.63, 3.8) is 0 Å².